The van der Waals surface area contributed by atoms with Gasteiger partial charge in [0.1, 0.15) is 0 Å². The quantitative estimate of drug-likeness (QED) is 0.465. The fourth-order valence-corrected chi connectivity index (χ4v) is 3.74. The predicted molar refractivity (Wildman–Crippen MR) is 124 cm³/mol. The topological polar surface area (TPSA) is 68.8 Å². The number of nitrogens with one attached hydrogen (secondary N) is 3. The van der Waals surface area contributed by atoms with Crippen LogP contribution in [0.2, 0.25) is 0 Å². The maximum atomic E-state index is 12.1. The minimum absolute atomic E-state index is 0.0676. The van der Waals surface area contributed by atoms with Crippen molar-refractivity contribution in [3.8, 4) is 0 Å². The van der Waals surface area contributed by atoms with E-state index in [9.17, 15) is 4.79 Å². The van der Waals surface area contributed by atoms with Crippen molar-refractivity contribution in [3.63, 3.8) is 0 Å². The van der Waals surface area contributed by atoms with Crippen LogP contribution in [0.4, 0.5) is 5.69 Å². The van der Waals surface area contributed by atoms with Crippen molar-refractivity contribution in [2.24, 2.45) is 4.99 Å². The monoisotopic (exact) mass is 407 g/mol. The third kappa shape index (κ3) is 6.07. The van der Waals surface area contributed by atoms with E-state index < -0.39 is 0 Å². The van der Waals surface area contributed by atoms with E-state index in [0.29, 0.717) is 25.6 Å². The van der Waals surface area contributed by atoms with Crippen LogP contribution in [0.25, 0.3) is 0 Å². The van der Waals surface area contributed by atoms with Crippen LogP contribution in [-0.2, 0) is 11.2 Å². The lowest BCUT2D eigenvalue weighted by molar-refractivity contribution is -0.116. The lowest BCUT2D eigenvalue weighted by Crippen LogP contribution is -2.42. The molecule has 6 heteroatoms. The average molecular weight is 408 g/mol. The minimum atomic E-state index is 0.0676. The van der Waals surface area contributed by atoms with E-state index in [2.05, 4.69) is 72.2 Å². The van der Waals surface area contributed by atoms with Crippen molar-refractivity contribution >= 4 is 17.6 Å². The van der Waals surface area contributed by atoms with E-state index in [1.165, 1.54) is 11.1 Å². The fourth-order valence-electron chi connectivity index (χ4n) is 3.74. The Bertz CT molecular complexity index is 850. The molecule has 0 bridgehead atoms. The van der Waals surface area contributed by atoms with Crippen LogP contribution in [-0.4, -0.2) is 56.5 Å². The van der Waals surface area contributed by atoms with Gasteiger partial charge in [0.05, 0.1) is 6.54 Å². The molecule has 0 aliphatic carbocycles. The normalized spacial score (nSPS) is 17.3. The molecule has 3 rings (SSSR count). The van der Waals surface area contributed by atoms with Gasteiger partial charge >= 0.3 is 0 Å². The van der Waals surface area contributed by atoms with Crippen molar-refractivity contribution in [1.29, 1.82) is 0 Å². The summed E-state index contributed by atoms with van der Waals surface area (Å²) in [4.78, 5) is 19.1. The maximum Gasteiger partial charge on any atom is 0.225 e. The lowest BCUT2D eigenvalue weighted by atomic mass is 9.90. The Labute approximate surface area is 179 Å². The summed E-state index contributed by atoms with van der Waals surface area (Å²) in [6, 6.07) is 18.9. The minimum Gasteiger partial charge on any atom is -0.357 e. The van der Waals surface area contributed by atoms with E-state index in [-0.39, 0.29) is 11.8 Å². The van der Waals surface area contributed by atoms with E-state index in [4.69, 9.17) is 4.99 Å². The van der Waals surface area contributed by atoms with E-state index in [1.54, 1.807) is 0 Å². The first-order valence-electron chi connectivity index (χ1n) is 10.7. The molecular weight excluding hydrogens is 374 g/mol. The molecule has 1 amide bonds. The molecular formula is C24H33N5O. The van der Waals surface area contributed by atoms with Crippen LogP contribution in [0.1, 0.15) is 30.4 Å². The molecule has 2 aromatic rings. The molecule has 0 aromatic heterocycles. The molecule has 6 nitrogen and oxygen atoms in total. The van der Waals surface area contributed by atoms with Crippen LogP contribution in [0, 0.1) is 0 Å². The lowest BCUT2D eigenvalue weighted by Gasteiger charge is -2.27. The number of hydrogen-bond donors (Lipinski definition) is 3. The van der Waals surface area contributed by atoms with Gasteiger partial charge in [-0.05, 0) is 44.6 Å². The number of anilines is 1. The van der Waals surface area contributed by atoms with Crippen molar-refractivity contribution in [2.75, 3.05) is 39.0 Å². The third-order valence-corrected chi connectivity index (χ3v) is 5.47. The van der Waals surface area contributed by atoms with Gasteiger partial charge in [0.2, 0.25) is 5.91 Å². The zero-order valence-electron chi connectivity index (χ0n) is 18.2. The molecule has 0 radical (unpaired) electrons. The summed E-state index contributed by atoms with van der Waals surface area (Å²) in [5.41, 5.74) is 3.41. The second-order valence-corrected chi connectivity index (χ2v) is 7.94. The van der Waals surface area contributed by atoms with Crippen LogP contribution in [0.3, 0.4) is 0 Å². The maximum absolute atomic E-state index is 12.1. The zero-order chi connectivity index (χ0) is 21.3. The van der Waals surface area contributed by atoms with Gasteiger partial charge in [0.15, 0.2) is 5.96 Å². The number of hydrogen-bond acceptors (Lipinski definition) is 3. The highest BCUT2D eigenvalue weighted by atomic mass is 16.1. The summed E-state index contributed by atoms with van der Waals surface area (Å²) in [5.74, 6) is 0.992. The average Bonchev–Trinajstić information content (AvgIpc) is 2.74. The van der Waals surface area contributed by atoms with Gasteiger partial charge in [0.25, 0.3) is 0 Å². The summed E-state index contributed by atoms with van der Waals surface area (Å²) in [6.07, 6.45) is 1.44. The van der Waals surface area contributed by atoms with Crippen LogP contribution < -0.4 is 16.0 Å². The Kier molecular flexibility index (Phi) is 7.85. The van der Waals surface area contributed by atoms with Crippen molar-refractivity contribution in [1.82, 2.24) is 15.5 Å². The van der Waals surface area contributed by atoms with Crippen LogP contribution >= 0.6 is 0 Å². The number of nitrogens with zero attached hydrogens (tertiary/aromatic N) is 2. The zero-order valence-corrected chi connectivity index (χ0v) is 18.2. The smallest absolute Gasteiger partial charge is 0.225 e. The van der Waals surface area contributed by atoms with Gasteiger partial charge in [0, 0.05) is 37.2 Å². The summed E-state index contributed by atoms with van der Waals surface area (Å²) < 4.78 is 0. The Morgan fingerprint density at radius 1 is 1.13 bits per heavy atom. The first kappa shape index (κ1) is 21.8. The summed E-state index contributed by atoms with van der Waals surface area (Å²) in [6.45, 7) is 4.22. The molecule has 1 aliphatic heterocycles. The Hall–Kier alpha value is -2.86. The number of guanidine groups is 1. The number of aliphatic imine (C=N–C) groups is 1. The second kappa shape index (κ2) is 10.8. The summed E-state index contributed by atoms with van der Waals surface area (Å²) in [7, 11) is 4.20. The highest BCUT2D eigenvalue weighted by molar-refractivity contribution is 5.94. The molecule has 30 heavy (non-hydrogen) atoms. The SMILES string of the molecule is CCNC(=NCC(Cc1ccccc1)N(C)C)NCC1CC(=O)Nc2ccccc21. The summed E-state index contributed by atoms with van der Waals surface area (Å²) in [5, 5.41) is 9.75. The number of benzene rings is 2. The number of rotatable bonds is 8. The molecule has 0 fully saturated rings. The number of likely N-dealkylation sites (N-methyl/N-ethyl adjacent to an activating group) is 1. The van der Waals surface area contributed by atoms with Crippen molar-refractivity contribution in [3.05, 3.63) is 65.7 Å². The van der Waals surface area contributed by atoms with Crippen LogP contribution in [0.5, 0.6) is 0 Å². The second-order valence-electron chi connectivity index (χ2n) is 7.94. The predicted octanol–water partition coefficient (Wildman–Crippen LogP) is 2.84. The number of fused-ring (bicyclic) bond motifs is 1. The van der Waals surface area contributed by atoms with Gasteiger partial charge < -0.3 is 20.9 Å². The molecule has 1 aliphatic rings. The molecule has 2 unspecified atom stereocenters. The first-order valence-corrected chi connectivity index (χ1v) is 10.7. The molecule has 0 spiro atoms. The molecule has 0 saturated carbocycles. The Balaban J connectivity index is 1.64. The molecule has 160 valence electrons. The Morgan fingerprint density at radius 3 is 2.60 bits per heavy atom. The molecule has 1 heterocycles. The van der Waals surface area contributed by atoms with Gasteiger partial charge in [-0.3, -0.25) is 9.79 Å². The van der Waals surface area contributed by atoms with Gasteiger partial charge in [-0.2, -0.15) is 0 Å². The highest BCUT2D eigenvalue weighted by Gasteiger charge is 2.24. The van der Waals surface area contributed by atoms with E-state index in [1.807, 2.05) is 24.3 Å². The Morgan fingerprint density at radius 2 is 1.87 bits per heavy atom. The number of carbonyl (C=O) groups excluding carboxylic acids is 1. The summed E-state index contributed by atoms with van der Waals surface area (Å²) >= 11 is 0. The fraction of sp³-hybridized carbons (Fsp3) is 0.417. The third-order valence-electron chi connectivity index (χ3n) is 5.47. The van der Waals surface area contributed by atoms with Crippen molar-refractivity contribution < 1.29 is 4.79 Å². The van der Waals surface area contributed by atoms with Crippen molar-refractivity contribution in [2.45, 2.75) is 31.7 Å². The number of para-hydroxylation sites is 1. The standard InChI is InChI=1S/C24H33N5O/c1-4-25-24(27-17-20(29(2)3)14-18-10-6-5-7-11-18)26-16-19-15-23(30)28-22-13-9-8-12-21(19)22/h5-13,19-20H,4,14-17H2,1-3H3,(H,28,30)(H2,25,26,27). The van der Waals surface area contributed by atoms with E-state index >= 15 is 0 Å². The van der Waals surface area contributed by atoms with Gasteiger partial charge in [-0.25, -0.2) is 0 Å². The van der Waals surface area contributed by atoms with Crippen LogP contribution in [0.15, 0.2) is 59.6 Å². The molecule has 3 N–H and O–H groups in total. The molecule has 2 aromatic carbocycles. The number of carbonyl (C=O) groups is 1. The molecule has 0 saturated heterocycles. The molecule has 2 atom stereocenters. The van der Waals surface area contributed by atoms with Gasteiger partial charge in [-0.1, -0.05) is 48.5 Å². The van der Waals surface area contributed by atoms with Gasteiger partial charge in [-0.15, -0.1) is 0 Å². The first-order chi connectivity index (χ1) is 14.6. The number of amides is 1. The largest absolute Gasteiger partial charge is 0.357 e. The van der Waals surface area contributed by atoms with E-state index in [0.717, 1.165) is 24.6 Å². The highest BCUT2D eigenvalue weighted by Crippen LogP contribution is 2.31.